The van der Waals surface area contributed by atoms with Gasteiger partial charge in [0.15, 0.2) is 0 Å². The van der Waals surface area contributed by atoms with Gasteiger partial charge < -0.3 is 5.32 Å². The fourth-order valence-electron chi connectivity index (χ4n) is 4.35. The molecule has 1 atom stereocenters. The number of halogens is 1. The summed E-state index contributed by atoms with van der Waals surface area (Å²) >= 11 is 3.51. The number of benzene rings is 3. The number of amides is 1. The number of rotatable bonds is 5. The Labute approximate surface area is 198 Å². The van der Waals surface area contributed by atoms with E-state index in [4.69, 9.17) is 0 Å². The molecule has 0 saturated carbocycles. The Hall–Kier alpha value is -2.22. The van der Waals surface area contributed by atoms with Gasteiger partial charge in [-0.3, -0.25) is 4.79 Å². The molecular formula is C25H27BrN2O3S. The Morgan fingerprint density at radius 3 is 2.62 bits per heavy atom. The third kappa shape index (κ3) is 4.60. The number of carbonyl (C=O) groups excluding carboxylic acids is 1. The van der Waals surface area contributed by atoms with E-state index < -0.39 is 10.0 Å². The average molecular weight is 515 g/mol. The largest absolute Gasteiger partial charge is 0.325 e. The molecule has 1 saturated heterocycles. The third-order valence-electron chi connectivity index (χ3n) is 6.12. The number of hydrogen-bond donors (Lipinski definition) is 1. The monoisotopic (exact) mass is 514 g/mol. The molecule has 0 spiro atoms. The zero-order valence-electron chi connectivity index (χ0n) is 18.3. The lowest BCUT2D eigenvalue weighted by atomic mass is 9.98. The molecule has 7 heteroatoms. The van der Waals surface area contributed by atoms with Crippen LogP contribution in [0.1, 0.15) is 30.9 Å². The fourth-order valence-corrected chi connectivity index (χ4v) is 6.53. The van der Waals surface area contributed by atoms with Crippen molar-refractivity contribution in [3.8, 4) is 0 Å². The van der Waals surface area contributed by atoms with Crippen LogP contribution in [0.25, 0.3) is 10.8 Å². The first-order valence-corrected chi connectivity index (χ1v) is 13.1. The highest BCUT2D eigenvalue weighted by molar-refractivity contribution is 9.10. The summed E-state index contributed by atoms with van der Waals surface area (Å²) < 4.78 is 29.1. The van der Waals surface area contributed by atoms with E-state index in [0.717, 1.165) is 38.5 Å². The SMILES string of the molecule is CCc1cc(Br)cc(C)c1NC(=O)[C@@H]1CCCN(S(=O)(=O)c2ccc3ccccc3c2)C1. The Bertz CT molecular complexity index is 1270. The van der Waals surface area contributed by atoms with E-state index in [-0.39, 0.29) is 23.3 Å². The standard InChI is InChI=1S/C25H27BrN2O3S/c1-3-18-14-22(26)13-17(2)24(18)27-25(29)21-9-6-12-28(16-21)32(30,31)23-11-10-19-7-4-5-8-20(19)15-23/h4-5,7-8,10-11,13-15,21H,3,6,9,12,16H2,1-2H3,(H,27,29)/t21-/m1/s1. The summed E-state index contributed by atoms with van der Waals surface area (Å²) in [4.78, 5) is 13.4. The van der Waals surface area contributed by atoms with Crippen molar-refractivity contribution in [3.05, 3.63) is 70.2 Å². The number of nitrogens with zero attached hydrogens (tertiary/aromatic N) is 1. The third-order valence-corrected chi connectivity index (χ3v) is 8.44. The van der Waals surface area contributed by atoms with Crippen LogP contribution >= 0.6 is 15.9 Å². The predicted octanol–water partition coefficient (Wildman–Crippen LogP) is 5.51. The minimum atomic E-state index is -3.67. The van der Waals surface area contributed by atoms with Crippen LogP contribution in [0.2, 0.25) is 0 Å². The van der Waals surface area contributed by atoms with Crippen LogP contribution in [0.4, 0.5) is 5.69 Å². The molecule has 0 aromatic heterocycles. The minimum Gasteiger partial charge on any atom is -0.325 e. The maximum Gasteiger partial charge on any atom is 0.243 e. The van der Waals surface area contributed by atoms with Crippen LogP contribution < -0.4 is 5.32 Å². The Kier molecular flexibility index (Phi) is 6.70. The molecule has 5 nitrogen and oxygen atoms in total. The highest BCUT2D eigenvalue weighted by atomic mass is 79.9. The van der Waals surface area contributed by atoms with E-state index in [0.29, 0.717) is 19.4 Å². The van der Waals surface area contributed by atoms with Gasteiger partial charge in [-0.1, -0.05) is 53.2 Å². The van der Waals surface area contributed by atoms with Crippen molar-refractivity contribution in [3.63, 3.8) is 0 Å². The normalized spacial score (nSPS) is 17.4. The number of anilines is 1. The molecule has 0 unspecified atom stereocenters. The van der Waals surface area contributed by atoms with Crippen molar-refractivity contribution >= 4 is 48.3 Å². The number of fused-ring (bicyclic) bond motifs is 1. The quantitative estimate of drug-likeness (QED) is 0.487. The average Bonchev–Trinajstić information content (AvgIpc) is 2.80. The number of sulfonamides is 1. The van der Waals surface area contributed by atoms with Gasteiger partial charge in [0.1, 0.15) is 0 Å². The Morgan fingerprint density at radius 1 is 1.12 bits per heavy atom. The number of nitrogens with one attached hydrogen (secondary N) is 1. The first kappa shape index (κ1) is 23.0. The molecule has 3 aromatic carbocycles. The Morgan fingerprint density at radius 2 is 1.88 bits per heavy atom. The molecule has 168 valence electrons. The van der Waals surface area contributed by atoms with Gasteiger partial charge in [0.05, 0.1) is 10.8 Å². The van der Waals surface area contributed by atoms with E-state index in [9.17, 15) is 13.2 Å². The molecule has 1 N–H and O–H groups in total. The van der Waals surface area contributed by atoms with Crippen molar-refractivity contribution in [1.82, 2.24) is 4.31 Å². The van der Waals surface area contributed by atoms with Gasteiger partial charge in [0.25, 0.3) is 0 Å². The molecule has 0 aliphatic carbocycles. The van der Waals surface area contributed by atoms with Crippen molar-refractivity contribution in [1.29, 1.82) is 0 Å². The van der Waals surface area contributed by atoms with Gasteiger partial charge >= 0.3 is 0 Å². The van der Waals surface area contributed by atoms with Crippen LogP contribution in [0.5, 0.6) is 0 Å². The van der Waals surface area contributed by atoms with Crippen molar-refractivity contribution in [2.45, 2.75) is 38.0 Å². The van der Waals surface area contributed by atoms with Gasteiger partial charge in [-0.05, 0) is 72.4 Å². The second-order valence-corrected chi connectivity index (χ2v) is 11.2. The van der Waals surface area contributed by atoms with Gasteiger partial charge in [-0.15, -0.1) is 0 Å². The molecular weight excluding hydrogens is 488 g/mol. The smallest absolute Gasteiger partial charge is 0.243 e. The summed E-state index contributed by atoms with van der Waals surface area (Å²) in [5.74, 6) is -0.504. The van der Waals surface area contributed by atoms with Gasteiger partial charge in [-0.2, -0.15) is 4.31 Å². The molecule has 0 bridgehead atoms. The van der Waals surface area contributed by atoms with Gasteiger partial charge in [-0.25, -0.2) is 8.42 Å². The molecule has 1 amide bonds. The molecule has 1 heterocycles. The van der Waals surface area contributed by atoms with Crippen LogP contribution in [0.3, 0.4) is 0 Å². The van der Waals surface area contributed by atoms with E-state index in [2.05, 4.69) is 28.2 Å². The summed E-state index contributed by atoms with van der Waals surface area (Å²) in [6.07, 6.45) is 2.13. The second kappa shape index (κ2) is 9.33. The van der Waals surface area contributed by atoms with Crippen LogP contribution in [0, 0.1) is 12.8 Å². The number of aryl methyl sites for hydroxylation is 2. The lowest BCUT2D eigenvalue weighted by molar-refractivity contribution is -0.120. The molecule has 1 aliphatic heterocycles. The predicted molar refractivity (Wildman–Crippen MR) is 132 cm³/mol. The molecule has 3 aromatic rings. The highest BCUT2D eigenvalue weighted by Gasteiger charge is 2.33. The highest BCUT2D eigenvalue weighted by Crippen LogP contribution is 2.30. The summed E-state index contributed by atoms with van der Waals surface area (Å²) in [5, 5.41) is 4.97. The van der Waals surface area contributed by atoms with E-state index in [1.165, 1.54) is 4.31 Å². The lowest BCUT2D eigenvalue weighted by Gasteiger charge is -2.31. The molecule has 1 fully saturated rings. The summed E-state index contributed by atoms with van der Waals surface area (Å²) in [6.45, 7) is 4.64. The minimum absolute atomic E-state index is 0.122. The molecule has 0 radical (unpaired) electrons. The summed E-state index contributed by atoms with van der Waals surface area (Å²) in [7, 11) is -3.67. The van der Waals surface area contributed by atoms with E-state index in [1.807, 2.05) is 49.4 Å². The lowest BCUT2D eigenvalue weighted by Crippen LogP contribution is -2.43. The van der Waals surface area contributed by atoms with Crippen LogP contribution in [-0.4, -0.2) is 31.7 Å². The zero-order valence-corrected chi connectivity index (χ0v) is 20.7. The fraction of sp³-hybridized carbons (Fsp3) is 0.320. The van der Waals surface area contributed by atoms with E-state index >= 15 is 0 Å². The van der Waals surface area contributed by atoms with Gasteiger partial charge in [0, 0.05) is 23.2 Å². The Balaban J connectivity index is 1.54. The van der Waals surface area contributed by atoms with Crippen molar-refractivity contribution in [2.75, 3.05) is 18.4 Å². The molecule has 1 aliphatic rings. The first-order valence-electron chi connectivity index (χ1n) is 10.9. The molecule has 4 rings (SSSR count). The summed E-state index contributed by atoms with van der Waals surface area (Å²) in [6, 6.07) is 16.9. The maximum atomic E-state index is 13.3. The van der Waals surface area contributed by atoms with Crippen LogP contribution in [-0.2, 0) is 21.2 Å². The van der Waals surface area contributed by atoms with Gasteiger partial charge in [0.2, 0.25) is 15.9 Å². The van der Waals surface area contributed by atoms with E-state index in [1.54, 1.807) is 12.1 Å². The molecule has 32 heavy (non-hydrogen) atoms. The van der Waals surface area contributed by atoms with Crippen molar-refractivity contribution < 1.29 is 13.2 Å². The maximum absolute atomic E-state index is 13.3. The second-order valence-electron chi connectivity index (χ2n) is 8.31. The first-order chi connectivity index (χ1) is 15.3. The number of carbonyl (C=O) groups is 1. The zero-order chi connectivity index (χ0) is 22.9. The van der Waals surface area contributed by atoms with Crippen LogP contribution in [0.15, 0.2) is 64.0 Å². The number of piperidine rings is 1. The van der Waals surface area contributed by atoms with Crippen molar-refractivity contribution in [2.24, 2.45) is 5.92 Å². The summed E-state index contributed by atoms with van der Waals surface area (Å²) in [5.41, 5.74) is 2.87. The topological polar surface area (TPSA) is 66.5 Å². The number of hydrogen-bond acceptors (Lipinski definition) is 3.